The van der Waals surface area contributed by atoms with E-state index in [1.54, 1.807) is 6.20 Å². The van der Waals surface area contributed by atoms with Crippen LogP contribution < -0.4 is 21.1 Å². The normalized spacial score (nSPS) is 22.2. The van der Waals surface area contributed by atoms with Gasteiger partial charge in [0.15, 0.2) is 0 Å². The number of amides is 2. The highest BCUT2D eigenvalue weighted by Crippen LogP contribution is 2.24. The van der Waals surface area contributed by atoms with Crippen molar-refractivity contribution >= 4 is 23.3 Å². The first kappa shape index (κ1) is 17.1. The summed E-state index contributed by atoms with van der Waals surface area (Å²) in [6, 6.07) is 0.242. The van der Waals surface area contributed by atoms with Gasteiger partial charge in [0, 0.05) is 25.2 Å². The van der Waals surface area contributed by atoms with Crippen LogP contribution in [0.4, 0.5) is 10.5 Å². The molecule has 0 aromatic carbocycles. The molecule has 1 aliphatic heterocycles. The summed E-state index contributed by atoms with van der Waals surface area (Å²) < 4.78 is 0. The van der Waals surface area contributed by atoms with Crippen molar-refractivity contribution < 1.29 is 4.79 Å². The quantitative estimate of drug-likeness (QED) is 0.725. The summed E-state index contributed by atoms with van der Waals surface area (Å²) in [6.07, 6.45) is 9.42. The van der Waals surface area contributed by atoms with Crippen LogP contribution in [0.1, 0.15) is 44.9 Å². The molecule has 1 saturated carbocycles. The van der Waals surface area contributed by atoms with Gasteiger partial charge in [0.25, 0.3) is 5.56 Å². The first-order valence-corrected chi connectivity index (χ1v) is 9.06. The van der Waals surface area contributed by atoms with Crippen LogP contribution in [0.3, 0.4) is 0 Å². The molecule has 7 nitrogen and oxygen atoms in total. The van der Waals surface area contributed by atoms with Crippen molar-refractivity contribution in [3.05, 3.63) is 21.6 Å². The maximum atomic E-state index is 12.2. The number of urea groups is 1. The zero-order chi connectivity index (χ0) is 16.9. The molecule has 1 aromatic rings. The average Bonchev–Trinajstić information content (AvgIpc) is 2.85. The topological polar surface area (TPSA) is 90.1 Å². The lowest BCUT2D eigenvalue weighted by atomic mass is 10.1. The molecule has 1 saturated heterocycles. The number of aromatic amines is 1. The van der Waals surface area contributed by atoms with Gasteiger partial charge in [-0.3, -0.25) is 4.79 Å². The fourth-order valence-corrected chi connectivity index (χ4v) is 3.74. The second-order valence-corrected chi connectivity index (χ2v) is 7.01. The lowest BCUT2D eigenvalue weighted by Gasteiger charge is -2.21. The van der Waals surface area contributed by atoms with Crippen molar-refractivity contribution in [2.75, 3.05) is 18.0 Å². The maximum absolute atomic E-state index is 12.2. The molecule has 2 heterocycles. The number of hydrogen-bond acceptors (Lipinski definition) is 4. The Balaban J connectivity index is 1.51. The van der Waals surface area contributed by atoms with E-state index in [4.69, 9.17) is 11.6 Å². The summed E-state index contributed by atoms with van der Waals surface area (Å²) in [4.78, 5) is 25.7. The summed E-state index contributed by atoms with van der Waals surface area (Å²) in [5.41, 5.74) is 0.227. The highest BCUT2D eigenvalue weighted by Gasteiger charge is 2.27. The van der Waals surface area contributed by atoms with Gasteiger partial charge in [0.05, 0.1) is 11.9 Å². The van der Waals surface area contributed by atoms with Crippen LogP contribution in [-0.2, 0) is 0 Å². The molecule has 0 radical (unpaired) electrons. The number of nitrogens with zero attached hydrogens (tertiary/aromatic N) is 2. The van der Waals surface area contributed by atoms with Gasteiger partial charge in [-0.25, -0.2) is 9.89 Å². The second kappa shape index (κ2) is 7.88. The van der Waals surface area contributed by atoms with Gasteiger partial charge >= 0.3 is 6.03 Å². The molecule has 1 unspecified atom stereocenters. The Hall–Kier alpha value is -1.76. The van der Waals surface area contributed by atoms with E-state index in [0.29, 0.717) is 12.2 Å². The molecular weight excluding hydrogens is 330 g/mol. The van der Waals surface area contributed by atoms with Crippen molar-refractivity contribution in [1.29, 1.82) is 0 Å². The molecule has 0 spiro atoms. The molecule has 1 aliphatic carbocycles. The predicted molar refractivity (Wildman–Crippen MR) is 93.6 cm³/mol. The molecule has 2 aliphatic rings. The van der Waals surface area contributed by atoms with E-state index in [1.165, 1.54) is 25.7 Å². The zero-order valence-corrected chi connectivity index (χ0v) is 14.4. The van der Waals surface area contributed by atoms with Crippen LogP contribution in [0.5, 0.6) is 0 Å². The van der Waals surface area contributed by atoms with Gasteiger partial charge in [-0.2, -0.15) is 5.10 Å². The van der Waals surface area contributed by atoms with E-state index in [0.717, 1.165) is 25.8 Å². The van der Waals surface area contributed by atoms with Gasteiger partial charge in [0.2, 0.25) is 0 Å². The zero-order valence-electron chi connectivity index (χ0n) is 13.7. The number of anilines is 1. The molecule has 0 bridgehead atoms. The third kappa shape index (κ3) is 4.20. The highest BCUT2D eigenvalue weighted by molar-refractivity contribution is 6.33. The fraction of sp³-hybridized carbons (Fsp3) is 0.688. The van der Waals surface area contributed by atoms with Gasteiger partial charge < -0.3 is 15.5 Å². The third-order valence-electron chi connectivity index (χ3n) is 4.83. The van der Waals surface area contributed by atoms with Gasteiger partial charge in [-0.05, 0) is 19.3 Å². The maximum Gasteiger partial charge on any atom is 0.315 e. The summed E-state index contributed by atoms with van der Waals surface area (Å²) in [5, 5.41) is 12.4. The van der Waals surface area contributed by atoms with Crippen molar-refractivity contribution in [3.8, 4) is 0 Å². The number of nitrogens with one attached hydrogen (secondary N) is 3. The smallest absolute Gasteiger partial charge is 0.315 e. The molecule has 3 rings (SSSR count). The Morgan fingerprint density at radius 3 is 2.62 bits per heavy atom. The Kier molecular flexibility index (Phi) is 5.60. The molecule has 8 heteroatoms. The molecular formula is C16H24ClN5O2. The molecule has 2 amide bonds. The number of halogens is 1. The van der Waals surface area contributed by atoms with Crippen molar-refractivity contribution in [2.45, 2.75) is 57.0 Å². The highest BCUT2D eigenvalue weighted by atomic mass is 35.5. The SMILES string of the molecule is O=C(NC1CCCCCC1)NC1CCN(c2cn[nH]c(=O)c2Cl)C1. The predicted octanol–water partition coefficient (Wildman–Crippen LogP) is 2.02. The van der Waals surface area contributed by atoms with Gasteiger partial charge in [0.1, 0.15) is 5.02 Å². The minimum absolute atomic E-state index is 0.0473. The molecule has 3 N–H and O–H groups in total. The Morgan fingerprint density at radius 1 is 1.17 bits per heavy atom. The average molecular weight is 354 g/mol. The number of carbonyl (C=O) groups excluding carboxylic acids is 1. The fourth-order valence-electron chi connectivity index (χ4n) is 3.53. The Bertz CT molecular complexity index is 627. The Morgan fingerprint density at radius 2 is 1.88 bits per heavy atom. The van der Waals surface area contributed by atoms with Gasteiger partial charge in [-0.1, -0.05) is 37.3 Å². The van der Waals surface area contributed by atoms with Crippen LogP contribution in [0.2, 0.25) is 5.02 Å². The van der Waals surface area contributed by atoms with E-state index in [-0.39, 0.29) is 23.1 Å². The van der Waals surface area contributed by atoms with Crippen molar-refractivity contribution in [3.63, 3.8) is 0 Å². The largest absolute Gasteiger partial charge is 0.367 e. The second-order valence-electron chi connectivity index (χ2n) is 6.64. The Labute approximate surface area is 146 Å². The van der Waals surface area contributed by atoms with E-state index < -0.39 is 5.56 Å². The lowest BCUT2D eigenvalue weighted by molar-refractivity contribution is 0.232. The van der Waals surface area contributed by atoms with E-state index in [2.05, 4.69) is 20.8 Å². The van der Waals surface area contributed by atoms with Crippen LogP contribution in [0.25, 0.3) is 0 Å². The van der Waals surface area contributed by atoms with E-state index >= 15 is 0 Å². The number of aromatic nitrogens is 2. The van der Waals surface area contributed by atoms with E-state index in [9.17, 15) is 9.59 Å². The van der Waals surface area contributed by atoms with Crippen molar-refractivity contribution in [1.82, 2.24) is 20.8 Å². The molecule has 2 fully saturated rings. The molecule has 1 aromatic heterocycles. The molecule has 24 heavy (non-hydrogen) atoms. The lowest BCUT2D eigenvalue weighted by Crippen LogP contribution is -2.47. The molecule has 1 atom stereocenters. The van der Waals surface area contributed by atoms with E-state index in [1.807, 2.05) is 4.90 Å². The number of hydrogen-bond donors (Lipinski definition) is 3. The number of rotatable bonds is 3. The minimum atomic E-state index is -0.392. The first-order valence-electron chi connectivity index (χ1n) is 8.68. The number of H-pyrrole nitrogens is 1. The third-order valence-corrected chi connectivity index (χ3v) is 5.20. The summed E-state index contributed by atoms with van der Waals surface area (Å²) in [7, 11) is 0. The van der Waals surface area contributed by atoms with Crippen LogP contribution in [0.15, 0.2) is 11.0 Å². The summed E-state index contributed by atoms with van der Waals surface area (Å²) in [6.45, 7) is 1.36. The van der Waals surface area contributed by atoms with Crippen LogP contribution in [-0.4, -0.2) is 41.4 Å². The standard InChI is InChI=1S/C16H24ClN5O2/c17-14-13(9-18-21-15(14)23)22-8-7-12(10-22)20-16(24)19-11-5-3-1-2-4-6-11/h9,11-12H,1-8,10H2,(H,21,23)(H2,19,20,24). The first-order chi connectivity index (χ1) is 11.6. The van der Waals surface area contributed by atoms with Crippen LogP contribution >= 0.6 is 11.6 Å². The minimum Gasteiger partial charge on any atom is -0.367 e. The van der Waals surface area contributed by atoms with Gasteiger partial charge in [-0.15, -0.1) is 0 Å². The van der Waals surface area contributed by atoms with Crippen molar-refractivity contribution in [2.24, 2.45) is 0 Å². The molecule has 132 valence electrons. The summed E-state index contributed by atoms with van der Waals surface area (Å²) in [5.74, 6) is 0. The van der Waals surface area contributed by atoms with Crippen LogP contribution in [0, 0.1) is 0 Å². The monoisotopic (exact) mass is 353 g/mol. The number of carbonyl (C=O) groups is 1. The summed E-state index contributed by atoms with van der Waals surface area (Å²) >= 11 is 6.05.